The molecule has 0 bridgehead atoms. The van der Waals surface area contributed by atoms with Gasteiger partial charge in [-0.1, -0.05) is 0 Å². The summed E-state index contributed by atoms with van der Waals surface area (Å²) in [6.45, 7) is 2.90. The number of hydrogen-bond donors (Lipinski definition) is 0. The number of hydrogen-bond acceptors (Lipinski definition) is 5. The maximum atomic E-state index is 12.6. The number of piperidine rings is 1. The molecule has 1 aromatic carbocycles. The van der Waals surface area contributed by atoms with Crippen LogP contribution in [0.25, 0.3) is 0 Å². The molecule has 2 aliphatic rings. The van der Waals surface area contributed by atoms with Gasteiger partial charge < -0.3 is 19.1 Å². The van der Waals surface area contributed by atoms with Crippen LogP contribution in [0.2, 0.25) is 0 Å². The lowest BCUT2D eigenvalue weighted by molar-refractivity contribution is -0.140. The van der Waals surface area contributed by atoms with Crippen LogP contribution in [-0.4, -0.2) is 54.5 Å². The number of methoxy groups -OCH3 is 2. The number of rotatable bonds is 6. The third kappa shape index (κ3) is 3.96. The SMILES string of the molecule is COc1cc2c(cc1OC)C1(CCN(C(=O)CCCn3cccn3)CC1)OCC2. The lowest BCUT2D eigenvalue weighted by Gasteiger charge is -2.45. The fraction of sp³-hybridized carbons (Fsp3) is 0.545. The molecule has 0 N–H and O–H groups in total. The predicted octanol–water partition coefficient (Wildman–Crippen LogP) is 2.77. The molecule has 156 valence electrons. The molecule has 0 atom stereocenters. The van der Waals surface area contributed by atoms with Crippen molar-refractivity contribution in [2.45, 2.75) is 44.2 Å². The Kier molecular flexibility index (Phi) is 5.76. The highest BCUT2D eigenvalue weighted by molar-refractivity contribution is 5.76. The second kappa shape index (κ2) is 8.45. The predicted molar refractivity (Wildman–Crippen MR) is 108 cm³/mol. The monoisotopic (exact) mass is 399 g/mol. The number of nitrogens with zero attached hydrogens (tertiary/aromatic N) is 3. The van der Waals surface area contributed by atoms with Crippen LogP contribution in [0, 0.1) is 0 Å². The van der Waals surface area contributed by atoms with Gasteiger partial charge in [0.15, 0.2) is 11.5 Å². The normalized spacial score (nSPS) is 17.8. The van der Waals surface area contributed by atoms with Crippen LogP contribution in [0.5, 0.6) is 11.5 Å². The van der Waals surface area contributed by atoms with Crippen LogP contribution in [0.15, 0.2) is 30.6 Å². The molecule has 0 saturated carbocycles. The molecule has 1 aromatic heterocycles. The summed E-state index contributed by atoms with van der Waals surface area (Å²) >= 11 is 0. The second-order valence-corrected chi connectivity index (χ2v) is 7.71. The van der Waals surface area contributed by atoms with Gasteiger partial charge in [-0.3, -0.25) is 9.48 Å². The van der Waals surface area contributed by atoms with Gasteiger partial charge in [0.2, 0.25) is 5.91 Å². The van der Waals surface area contributed by atoms with Crippen LogP contribution < -0.4 is 9.47 Å². The zero-order valence-corrected chi connectivity index (χ0v) is 17.2. The summed E-state index contributed by atoms with van der Waals surface area (Å²) in [6, 6.07) is 6.04. The molecule has 1 fully saturated rings. The molecule has 3 heterocycles. The summed E-state index contributed by atoms with van der Waals surface area (Å²) in [5, 5.41) is 4.19. The van der Waals surface area contributed by atoms with E-state index < -0.39 is 0 Å². The van der Waals surface area contributed by atoms with E-state index >= 15 is 0 Å². The van der Waals surface area contributed by atoms with Crippen molar-refractivity contribution in [1.29, 1.82) is 0 Å². The summed E-state index contributed by atoms with van der Waals surface area (Å²) < 4.78 is 19.2. The molecule has 7 nitrogen and oxygen atoms in total. The van der Waals surface area contributed by atoms with Crippen molar-refractivity contribution in [2.24, 2.45) is 0 Å². The highest BCUT2D eigenvalue weighted by Gasteiger charge is 2.42. The number of amides is 1. The Morgan fingerprint density at radius 1 is 1.21 bits per heavy atom. The quantitative estimate of drug-likeness (QED) is 0.747. The van der Waals surface area contributed by atoms with Crippen LogP contribution in [0.4, 0.5) is 0 Å². The first kappa shape index (κ1) is 19.8. The van der Waals surface area contributed by atoms with E-state index in [0.29, 0.717) is 26.1 Å². The lowest BCUT2D eigenvalue weighted by atomic mass is 9.79. The number of benzene rings is 1. The Morgan fingerprint density at radius 2 is 1.97 bits per heavy atom. The minimum absolute atomic E-state index is 0.218. The highest BCUT2D eigenvalue weighted by Crippen LogP contribution is 2.45. The number of carbonyl (C=O) groups excluding carboxylic acids is 1. The van der Waals surface area contributed by atoms with Crippen molar-refractivity contribution in [2.75, 3.05) is 33.9 Å². The van der Waals surface area contributed by atoms with Gasteiger partial charge in [0.05, 0.1) is 26.4 Å². The Hall–Kier alpha value is -2.54. The van der Waals surface area contributed by atoms with E-state index in [2.05, 4.69) is 17.2 Å². The van der Waals surface area contributed by atoms with Crippen LogP contribution in [-0.2, 0) is 28.1 Å². The van der Waals surface area contributed by atoms with Gasteiger partial charge in [0.1, 0.15) is 0 Å². The van der Waals surface area contributed by atoms with E-state index in [4.69, 9.17) is 14.2 Å². The third-order valence-electron chi connectivity index (χ3n) is 6.11. The molecule has 0 aliphatic carbocycles. The molecular weight excluding hydrogens is 370 g/mol. The molecule has 1 amide bonds. The van der Waals surface area contributed by atoms with E-state index in [1.54, 1.807) is 20.4 Å². The fourth-order valence-corrected chi connectivity index (χ4v) is 4.50. The van der Waals surface area contributed by atoms with Gasteiger partial charge in [0, 0.05) is 38.4 Å². The summed E-state index contributed by atoms with van der Waals surface area (Å²) in [5.41, 5.74) is 2.11. The van der Waals surface area contributed by atoms with E-state index in [9.17, 15) is 4.79 Å². The molecule has 1 spiro atoms. The van der Waals surface area contributed by atoms with E-state index in [0.717, 1.165) is 43.7 Å². The number of fused-ring (bicyclic) bond motifs is 2. The number of ether oxygens (including phenoxy) is 3. The Labute approximate surface area is 171 Å². The van der Waals surface area contributed by atoms with Gasteiger partial charge in [-0.15, -0.1) is 0 Å². The molecule has 2 aromatic rings. The minimum atomic E-state index is -0.334. The van der Waals surface area contributed by atoms with Crippen molar-refractivity contribution in [1.82, 2.24) is 14.7 Å². The van der Waals surface area contributed by atoms with Crippen molar-refractivity contribution < 1.29 is 19.0 Å². The Balaban J connectivity index is 1.40. The number of aryl methyl sites for hydroxylation is 1. The second-order valence-electron chi connectivity index (χ2n) is 7.71. The number of aromatic nitrogens is 2. The standard InChI is InChI=1S/C22H29N3O4/c1-27-19-15-17-6-14-29-22(18(17)16-20(19)28-2)7-12-24(13-8-22)21(26)5-3-10-25-11-4-9-23-25/h4,9,11,15-16H,3,5-8,10,12-14H2,1-2H3. The average Bonchev–Trinajstić information content (AvgIpc) is 3.27. The maximum Gasteiger partial charge on any atom is 0.222 e. The van der Waals surface area contributed by atoms with Crippen LogP contribution in [0.3, 0.4) is 0 Å². The first-order valence-electron chi connectivity index (χ1n) is 10.3. The molecule has 0 unspecified atom stereocenters. The topological polar surface area (TPSA) is 65.8 Å². The smallest absolute Gasteiger partial charge is 0.222 e. The highest BCUT2D eigenvalue weighted by atomic mass is 16.5. The molecule has 1 saturated heterocycles. The molecule has 2 aliphatic heterocycles. The summed E-state index contributed by atoms with van der Waals surface area (Å²) in [6.07, 6.45) is 7.52. The van der Waals surface area contributed by atoms with Crippen LogP contribution >= 0.6 is 0 Å². The molecule has 7 heteroatoms. The third-order valence-corrected chi connectivity index (χ3v) is 6.11. The number of likely N-dealkylation sites (tertiary alicyclic amines) is 1. The van der Waals surface area contributed by atoms with Crippen molar-refractivity contribution in [3.63, 3.8) is 0 Å². The maximum absolute atomic E-state index is 12.6. The first-order chi connectivity index (χ1) is 14.1. The fourth-order valence-electron chi connectivity index (χ4n) is 4.50. The average molecular weight is 399 g/mol. The van der Waals surface area contributed by atoms with E-state index in [1.165, 1.54) is 11.1 Å². The minimum Gasteiger partial charge on any atom is -0.493 e. The van der Waals surface area contributed by atoms with Crippen molar-refractivity contribution in [3.8, 4) is 11.5 Å². The lowest BCUT2D eigenvalue weighted by Crippen LogP contribution is -2.48. The summed E-state index contributed by atoms with van der Waals surface area (Å²) in [7, 11) is 3.32. The Morgan fingerprint density at radius 3 is 2.66 bits per heavy atom. The van der Waals surface area contributed by atoms with E-state index in [-0.39, 0.29) is 11.5 Å². The van der Waals surface area contributed by atoms with Crippen molar-refractivity contribution in [3.05, 3.63) is 41.7 Å². The van der Waals surface area contributed by atoms with Crippen LogP contribution in [0.1, 0.15) is 36.8 Å². The molecule has 0 radical (unpaired) electrons. The summed E-state index contributed by atoms with van der Waals surface area (Å²) in [4.78, 5) is 14.6. The first-order valence-corrected chi connectivity index (χ1v) is 10.3. The van der Waals surface area contributed by atoms with E-state index in [1.807, 2.05) is 21.8 Å². The molecular formula is C22H29N3O4. The number of carbonyl (C=O) groups is 1. The van der Waals surface area contributed by atoms with Gasteiger partial charge in [-0.05, 0) is 55.0 Å². The van der Waals surface area contributed by atoms with Gasteiger partial charge in [-0.2, -0.15) is 5.10 Å². The molecule has 4 rings (SSSR count). The zero-order valence-electron chi connectivity index (χ0n) is 17.2. The summed E-state index contributed by atoms with van der Waals surface area (Å²) in [5.74, 6) is 1.71. The van der Waals surface area contributed by atoms with Gasteiger partial charge in [-0.25, -0.2) is 0 Å². The van der Waals surface area contributed by atoms with Crippen molar-refractivity contribution >= 4 is 5.91 Å². The van der Waals surface area contributed by atoms with Gasteiger partial charge >= 0.3 is 0 Å². The Bertz CT molecular complexity index is 842. The van der Waals surface area contributed by atoms with Gasteiger partial charge in [0.25, 0.3) is 0 Å². The molecule has 29 heavy (non-hydrogen) atoms. The zero-order chi connectivity index (χ0) is 20.3. The largest absolute Gasteiger partial charge is 0.493 e.